The predicted octanol–water partition coefficient (Wildman–Crippen LogP) is 3.74. The van der Waals surface area contributed by atoms with Crippen molar-refractivity contribution in [1.82, 2.24) is 10.4 Å². The highest BCUT2D eigenvalue weighted by molar-refractivity contribution is 6.32. The molecule has 24 heavy (non-hydrogen) atoms. The third kappa shape index (κ3) is 2.98. The summed E-state index contributed by atoms with van der Waals surface area (Å²) < 4.78 is 10.8. The van der Waals surface area contributed by atoms with Crippen LogP contribution in [0.4, 0.5) is 0 Å². The number of hydrazone groups is 1. The Morgan fingerprint density at radius 3 is 2.75 bits per heavy atom. The number of halogens is 1. The SMILES string of the molecule is Clc1nc2cc3c(cc2cc1C=NNCc1ccccc1)OCO3. The molecular formula is C18H14ClN3O2. The van der Waals surface area contributed by atoms with Gasteiger partial charge in [0.1, 0.15) is 5.15 Å². The molecule has 1 aliphatic heterocycles. The van der Waals surface area contributed by atoms with Gasteiger partial charge in [0.2, 0.25) is 6.79 Å². The minimum atomic E-state index is 0.233. The number of aromatic nitrogens is 1. The molecule has 0 spiro atoms. The van der Waals surface area contributed by atoms with Crippen molar-refractivity contribution in [3.8, 4) is 11.5 Å². The molecule has 0 aliphatic carbocycles. The van der Waals surface area contributed by atoms with Crippen LogP contribution < -0.4 is 14.9 Å². The second kappa shape index (κ2) is 6.37. The molecule has 0 saturated heterocycles. The molecule has 1 N–H and O–H groups in total. The molecule has 1 aliphatic rings. The maximum absolute atomic E-state index is 6.25. The molecule has 2 heterocycles. The summed E-state index contributed by atoms with van der Waals surface area (Å²) in [5.41, 5.74) is 5.67. The van der Waals surface area contributed by atoms with E-state index in [1.54, 1.807) is 6.21 Å². The summed E-state index contributed by atoms with van der Waals surface area (Å²) in [7, 11) is 0. The number of pyridine rings is 1. The van der Waals surface area contributed by atoms with E-state index >= 15 is 0 Å². The van der Waals surface area contributed by atoms with Gasteiger partial charge in [-0.1, -0.05) is 41.9 Å². The Morgan fingerprint density at radius 1 is 1.12 bits per heavy atom. The molecule has 0 bridgehead atoms. The third-order valence-corrected chi connectivity index (χ3v) is 4.01. The first kappa shape index (κ1) is 14.8. The molecule has 120 valence electrons. The maximum atomic E-state index is 6.25. The van der Waals surface area contributed by atoms with Gasteiger partial charge in [-0.2, -0.15) is 5.10 Å². The number of fused-ring (bicyclic) bond motifs is 2. The predicted molar refractivity (Wildman–Crippen MR) is 93.8 cm³/mol. The summed E-state index contributed by atoms with van der Waals surface area (Å²) in [5.74, 6) is 1.41. The molecule has 1 aromatic heterocycles. The quantitative estimate of drug-likeness (QED) is 0.447. The molecule has 5 nitrogen and oxygen atoms in total. The summed E-state index contributed by atoms with van der Waals surface area (Å²) in [6.45, 7) is 0.881. The number of hydrogen-bond donors (Lipinski definition) is 1. The van der Waals surface area contributed by atoms with Crippen LogP contribution in [0.1, 0.15) is 11.1 Å². The number of rotatable bonds is 4. The van der Waals surface area contributed by atoms with Gasteiger partial charge in [-0.05, 0) is 17.7 Å². The normalized spacial score (nSPS) is 12.9. The van der Waals surface area contributed by atoms with Gasteiger partial charge >= 0.3 is 0 Å². The molecule has 0 saturated carbocycles. The van der Waals surface area contributed by atoms with E-state index in [0.717, 1.165) is 27.8 Å². The fraction of sp³-hybridized carbons (Fsp3) is 0.111. The van der Waals surface area contributed by atoms with Gasteiger partial charge in [-0.15, -0.1) is 0 Å². The molecule has 2 aromatic carbocycles. The van der Waals surface area contributed by atoms with E-state index in [-0.39, 0.29) is 6.79 Å². The average molecular weight is 340 g/mol. The fourth-order valence-corrected chi connectivity index (χ4v) is 2.69. The first-order chi connectivity index (χ1) is 11.8. The summed E-state index contributed by atoms with van der Waals surface area (Å²) in [6, 6.07) is 15.7. The van der Waals surface area contributed by atoms with Crippen molar-refractivity contribution in [1.29, 1.82) is 0 Å². The van der Waals surface area contributed by atoms with Crippen molar-refractivity contribution < 1.29 is 9.47 Å². The Hall–Kier alpha value is -2.79. The molecule has 6 heteroatoms. The van der Waals surface area contributed by atoms with Crippen LogP contribution in [0.25, 0.3) is 10.9 Å². The summed E-state index contributed by atoms with van der Waals surface area (Å²) >= 11 is 6.25. The molecule has 0 amide bonds. The van der Waals surface area contributed by atoms with Gasteiger partial charge in [-0.25, -0.2) is 4.98 Å². The Labute approximate surface area is 143 Å². The number of hydrogen-bond acceptors (Lipinski definition) is 5. The smallest absolute Gasteiger partial charge is 0.231 e. The molecule has 0 unspecified atom stereocenters. The zero-order valence-corrected chi connectivity index (χ0v) is 13.5. The van der Waals surface area contributed by atoms with Gasteiger partial charge in [-0.3, -0.25) is 0 Å². The van der Waals surface area contributed by atoms with Crippen molar-refractivity contribution in [3.05, 3.63) is 64.8 Å². The Morgan fingerprint density at radius 2 is 1.92 bits per heavy atom. The highest BCUT2D eigenvalue weighted by atomic mass is 35.5. The van der Waals surface area contributed by atoms with Gasteiger partial charge in [0.25, 0.3) is 0 Å². The molecule has 4 rings (SSSR count). The minimum absolute atomic E-state index is 0.233. The highest BCUT2D eigenvalue weighted by Crippen LogP contribution is 2.36. The second-order valence-electron chi connectivity index (χ2n) is 5.35. The van der Waals surface area contributed by atoms with Crippen LogP contribution in [-0.2, 0) is 6.54 Å². The number of nitrogens with zero attached hydrogens (tertiary/aromatic N) is 2. The first-order valence-electron chi connectivity index (χ1n) is 7.49. The highest BCUT2D eigenvalue weighted by Gasteiger charge is 2.15. The van der Waals surface area contributed by atoms with Crippen LogP contribution >= 0.6 is 11.6 Å². The lowest BCUT2D eigenvalue weighted by atomic mass is 10.1. The van der Waals surface area contributed by atoms with Crippen molar-refractivity contribution in [3.63, 3.8) is 0 Å². The van der Waals surface area contributed by atoms with Crippen LogP contribution in [0.3, 0.4) is 0 Å². The second-order valence-corrected chi connectivity index (χ2v) is 5.70. The van der Waals surface area contributed by atoms with Crippen LogP contribution in [0.2, 0.25) is 5.15 Å². The first-order valence-corrected chi connectivity index (χ1v) is 7.87. The monoisotopic (exact) mass is 339 g/mol. The number of nitrogens with one attached hydrogen (secondary N) is 1. The van der Waals surface area contributed by atoms with E-state index < -0.39 is 0 Å². The van der Waals surface area contributed by atoms with E-state index in [1.165, 1.54) is 0 Å². The molecular weight excluding hydrogens is 326 g/mol. The number of benzene rings is 2. The Bertz CT molecular complexity index is 913. The van der Waals surface area contributed by atoms with Gasteiger partial charge in [0, 0.05) is 17.0 Å². The van der Waals surface area contributed by atoms with Crippen LogP contribution in [0.5, 0.6) is 11.5 Å². The van der Waals surface area contributed by atoms with E-state index in [9.17, 15) is 0 Å². The zero-order chi connectivity index (χ0) is 16.4. The fourth-order valence-electron chi connectivity index (χ4n) is 2.50. The largest absolute Gasteiger partial charge is 0.454 e. The summed E-state index contributed by atoms with van der Waals surface area (Å²) in [4.78, 5) is 4.40. The Balaban J connectivity index is 1.54. The minimum Gasteiger partial charge on any atom is -0.454 e. The summed E-state index contributed by atoms with van der Waals surface area (Å²) in [6.07, 6.45) is 1.67. The lowest BCUT2D eigenvalue weighted by Gasteiger charge is -2.04. The molecule has 3 aromatic rings. The topological polar surface area (TPSA) is 55.7 Å². The molecule has 0 atom stereocenters. The van der Waals surface area contributed by atoms with Crippen LogP contribution in [0.15, 0.2) is 53.6 Å². The van der Waals surface area contributed by atoms with Gasteiger partial charge in [0.05, 0.1) is 18.3 Å². The van der Waals surface area contributed by atoms with E-state index in [1.807, 2.05) is 48.5 Å². The standard InChI is InChI=1S/C18H14ClN3O2/c19-18-14(10-21-20-9-12-4-2-1-3-5-12)6-13-7-16-17(24-11-23-16)8-15(13)22-18/h1-8,10,20H,9,11H2. The van der Waals surface area contributed by atoms with Crippen molar-refractivity contribution in [2.45, 2.75) is 6.54 Å². The lowest BCUT2D eigenvalue weighted by molar-refractivity contribution is 0.174. The third-order valence-electron chi connectivity index (χ3n) is 3.71. The van der Waals surface area contributed by atoms with Crippen molar-refractivity contribution in [2.24, 2.45) is 5.10 Å². The van der Waals surface area contributed by atoms with Gasteiger partial charge in [0.15, 0.2) is 11.5 Å². The van der Waals surface area contributed by atoms with E-state index in [4.69, 9.17) is 21.1 Å². The van der Waals surface area contributed by atoms with Crippen molar-refractivity contribution >= 4 is 28.7 Å². The lowest BCUT2D eigenvalue weighted by Crippen LogP contribution is -2.05. The zero-order valence-electron chi connectivity index (χ0n) is 12.7. The van der Waals surface area contributed by atoms with Crippen LogP contribution in [-0.4, -0.2) is 18.0 Å². The van der Waals surface area contributed by atoms with Gasteiger partial charge < -0.3 is 14.9 Å². The van der Waals surface area contributed by atoms with Crippen LogP contribution in [0, 0.1) is 0 Å². The summed E-state index contributed by atoms with van der Waals surface area (Å²) in [5, 5.41) is 5.54. The number of ether oxygens (including phenoxy) is 2. The molecule has 0 radical (unpaired) electrons. The molecule has 0 fully saturated rings. The maximum Gasteiger partial charge on any atom is 0.231 e. The average Bonchev–Trinajstić information content (AvgIpc) is 3.05. The van der Waals surface area contributed by atoms with E-state index in [0.29, 0.717) is 17.4 Å². The van der Waals surface area contributed by atoms with E-state index in [2.05, 4.69) is 15.5 Å². The van der Waals surface area contributed by atoms with Crippen molar-refractivity contribution in [2.75, 3.05) is 6.79 Å². The Kier molecular flexibility index (Phi) is 3.92.